The van der Waals surface area contributed by atoms with Crippen molar-refractivity contribution in [2.75, 3.05) is 9.62 Å². The van der Waals surface area contributed by atoms with Gasteiger partial charge in [0.2, 0.25) is 5.91 Å². The number of aryl methyl sites for hydroxylation is 2. The zero-order valence-electron chi connectivity index (χ0n) is 15.8. The number of sulfonamides is 1. The minimum atomic E-state index is -3.69. The van der Waals surface area contributed by atoms with E-state index < -0.39 is 10.0 Å². The van der Waals surface area contributed by atoms with Crippen LogP contribution < -0.4 is 9.62 Å². The van der Waals surface area contributed by atoms with E-state index in [9.17, 15) is 13.2 Å². The van der Waals surface area contributed by atoms with Crippen molar-refractivity contribution in [2.24, 2.45) is 5.92 Å². The summed E-state index contributed by atoms with van der Waals surface area (Å²) in [5.41, 5.74) is 4.23. The lowest BCUT2D eigenvalue weighted by Gasteiger charge is -2.22. The highest BCUT2D eigenvalue weighted by atomic mass is 32.2. The van der Waals surface area contributed by atoms with Crippen LogP contribution in [0.1, 0.15) is 36.5 Å². The van der Waals surface area contributed by atoms with Crippen LogP contribution in [0.15, 0.2) is 41.3 Å². The normalized spacial score (nSPS) is 19.1. The Hall–Kier alpha value is -2.34. The molecule has 1 heterocycles. The summed E-state index contributed by atoms with van der Waals surface area (Å²) < 4.78 is 28.5. The Balaban J connectivity index is 1.64. The van der Waals surface area contributed by atoms with Crippen molar-refractivity contribution in [1.82, 2.24) is 0 Å². The number of rotatable bonds is 4. The Labute approximate surface area is 160 Å². The van der Waals surface area contributed by atoms with Crippen LogP contribution in [0.2, 0.25) is 0 Å². The number of nitrogens with zero attached hydrogens (tertiary/aromatic N) is 1. The summed E-state index contributed by atoms with van der Waals surface area (Å²) in [4.78, 5) is 14.6. The van der Waals surface area contributed by atoms with Gasteiger partial charge in [-0.05, 0) is 81.0 Å². The highest BCUT2D eigenvalue weighted by Gasteiger charge is 2.39. The molecule has 2 aromatic rings. The zero-order chi connectivity index (χ0) is 19.3. The van der Waals surface area contributed by atoms with Gasteiger partial charge in [-0.2, -0.15) is 0 Å². The lowest BCUT2D eigenvalue weighted by Crippen LogP contribution is -2.36. The number of nitrogens with one attached hydrogen (secondary N) is 1. The molecule has 2 aromatic carbocycles. The highest BCUT2D eigenvalue weighted by Crippen LogP contribution is 2.39. The minimum absolute atomic E-state index is 0.0676. The van der Waals surface area contributed by atoms with Gasteiger partial charge in [0.1, 0.15) is 0 Å². The second kappa shape index (κ2) is 6.37. The van der Waals surface area contributed by atoms with Crippen molar-refractivity contribution in [3.05, 3.63) is 53.1 Å². The van der Waals surface area contributed by atoms with Crippen molar-refractivity contribution < 1.29 is 13.2 Å². The summed E-state index contributed by atoms with van der Waals surface area (Å²) >= 11 is 0. The molecule has 0 unspecified atom stereocenters. The molecule has 0 aromatic heterocycles. The van der Waals surface area contributed by atoms with Crippen LogP contribution in [-0.2, 0) is 21.2 Å². The van der Waals surface area contributed by atoms with Crippen LogP contribution >= 0.6 is 0 Å². The quantitative estimate of drug-likeness (QED) is 0.872. The first-order valence-corrected chi connectivity index (χ1v) is 10.8. The van der Waals surface area contributed by atoms with Crippen LogP contribution in [-0.4, -0.2) is 20.4 Å². The molecular formula is C21H24N2O3S. The molecule has 1 aliphatic carbocycles. The SMILES string of the molecule is Cc1ccc(C)c(NS(=O)(=O)c2ccc3c(c2)C[C@@H](C)N3C(=O)C2CC2)c1. The first-order chi connectivity index (χ1) is 12.8. The van der Waals surface area contributed by atoms with Crippen molar-refractivity contribution in [2.45, 2.75) is 51.0 Å². The maximum absolute atomic E-state index is 12.9. The molecule has 1 atom stereocenters. The predicted molar refractivity (Wildman–Crippen MR) is 107 cm³/mol. The van der Waals surface area contributed by atoms with E-state index in [2.05, 4.69) is 4.72 Å². The number of carbonyl (C=O) groups excluding carboxylic acids is 1. The summed E-state index contributed by atoms with van der Waals surface area (Å²) in [5, 5.41) is 0. The van der Waals surface area contributed by atoms with Gasteiger partial charge in [0, 0.05) is 17.6 Å². The van der Waals surface area contributed by atoms with Gasteiger partial charge in [0.05, 0.1) is 10.6 Å². The molecule has 4 rings (SSSR count). The van der Waals surface area contributed by atoms with Gasteiger partial charge in [0.25, 0.3) is 10.0 Å². The maximum atomic E-state index is 12.9. The molecule has 2 aliphatic rings. The Kier molecular flexibility index (Phi) is 4.26. The number of anilines is 2. The molecule has 6 heteroatoms. The number of hydrogen-bond donors (Lipinski definition) is 1. The first kappa shape index (κ1) is 18.0. The molecule has 1 aliphatic heterocycles. The Morgan fingerprint density at radius 2 is 1.85 bits per heavy atom. The van der Waals surface area contributed by atoms with Gasteiger partial charge in [-0.1, -0.05) is 12.1 Å². The first-order valence-electron chi connectivity index (χ1n) is 9.32. The third kappa shape index (κ3) is 3.34. The second-order valence-electron chi connectivity index (χ2n) is 7.75. The number of amides is 1. The summed E-state index contributed by atoms with van der Waals surface area (Å²) in [7, 11) is -3.69. The second-order valence-corrected chi connectivity index (χ2v) is 9.43. The minimum Gasteiger partial charge on any atom is -0.309 e. The fraction of sp³-hybridized carbons (Fsp3) is 0.381. The average molecular weight is 385 g/mol. The van der Waals surface area contributed by atoms with Gasteiger partial charge in [-0.25, -0.2) is 8.42 Å². The standard InChI is InChI=1S/C21H24N2O3S/c1-13-4-5-14(2)19(10-13)22-27(25,26)18-8-9-20-17(12-18)11-15(3)23(20)21(24)16-6-7-16/h4-5,8-10,12,15-16,22H,6-7,11H2,1-3H3/t15-/m1/s1. The van der Waals surface area contributed by atoms with Crippen LogP contribution in [0, 0.1) is 19.8 Å². The van der Waals surface area contributed by atoms with E-state index in [1.807, 2.05) is 43.9 Å². The zero-order valence-corrected chi connectivity index (χ0v) is 16.6. The molecule has 1 amide bonds. The van der Waals surface area contributed by atoms with E-state index in [0.717, 1.165) is 35.2 Å². The van der Waals surface area contributed by atoms with E-state index in [1.165, 1.54) is 0 Å². The van der Waals surface area contributed by atoms with E-state index in [0.29, 0.717) is 12.1 Å². The fourth-order valence-corrected chi connectivity index (χ4v) is 4.86. The fourth-order valence-electron chi connectivity index (χ4n) is 3.69. The monoisotopic (exact) mass is 384 g/mol. The number of hydrogen-bond acceptors (Lipinski definition) is 3. The molecule has 5 nitrogen and oxygen atoms in total. The topological polar surface area (TPSA) is 66.5 Å². The van der Waals surface area contributed by atoms with E-state index in [4.69, 9.17) is 0 Å². The van der Waals surface area contributed by atoms with Gasteiger partial charge >= 0.3 is 0 Å². The molecule has 1 saturated carbocycles. The van der Waals surface area contributed by atoms with E-state index in [-0.39, 0.29) is 22.8 Å². The maximum Gasteiger partial charge on any atom is 0.261 e. The average Bonchev–Trinajstić information content (AvgIpc) is 3.39. The molecule has 27 heavy (non-hydrogen) atoms. The van der Waals surface area contributed by atoms with Crippen molar-refractivity contribution in [3.63, 3.8) is 0 Å². The molecule has 0 radical (unpaired) electrons. The van der Waals surface area contributed by atoms with Crippen LogP contribution in [0.3, 0.4) is 0 Å². The largest absolute Gasteiger partial charge is 0.309 e. The van der Waals surface area contributed by atoms with Crippen molar-refractivity contribution >= 4 is 27.3 Å². The number of carbonyl (C=O) groups is 1. The summed E-state index contributed by atoms with van der Waals surface area (Å²) in [6.45, 7) is 5.82. The number of benzene rings is 2. The van der Waals surface area contributed by atoms with Crippen LogP contribution in [0.25, 0.3) is 0 Å². The molecule has 1 N–H and O–H groups in total. The van der Waals surface area contributed by atoms with Gasteiger partial charge in [-0.3, -0.25) is 9.52 Å². The molecule has 0 bridgehead atoms. The molecule has 1 fully saturated rings. The third-order valence-corrected chi connectivity index (χ3v) is 6.74. The summed E-state index contributed by atoms with van der Waals surface area (Å²) in [6, 6.07) is 10.8. The molecule has 0 spiro atoms. The van der Waals surface area contributed by atoms with Crippen LogP contribution in [0.5, 0.6) is 0 Å². The Morgan fingerprint density at radius 3 is 2.56 bits per heavy atom. The Bertz CT molecular complexity index is 1030. The summed E-state index contributed by atoms with van der Waals surface area (Å²) in [6.07, 6.45) is 2.61. The van der Waals surface area contributed by atoms with Gasteiger partial charge < -0.3 is 4.90 Å². The smallest absolute Gasteiger partial charge is 0.261 e. The lowest BCUT2D eigenvalue weighted by atomic mass is 10.1. The Morgan fingerprint density at radius 1 is 1.11 bits per heavy atom. The lowest BCUT2D eigenvalue weighted by molar-refractivity contribution is -0.120. The predicted octanol–water partition coefficient (Wildman–Crippen LogP) is 3.79. The molecule has 142 valence electrons. The highest BCUT2D eigenvalue weighted by molar-refractivity contribution is 7.92. The number of fused-ring (bicyclic) bond motifs is 1. The van der Waals surface area contributed by atoms with E-state index in [1.54, 1.807) is 18.2 Å². The van der Waals surface area contributed by atoms with Crippen molar-refractivity contribution in [1.29, 1.82) is 0 Å². The molecular weight excluding hydrogens is 360 g/mol. The van der Waals surface area contributed by atoms with Gasteiger partial charge in [-0.15, -0.1) is 0 Å². The van der Waals surface area contributed by atoms with Crippen molar-refractivity contribution in [3.8, 4) is 0 Å². The molecule has 0 saturated heterocycles. The van der Waals surface area contributed by atoms with Crippen LogP contribution in [0.4, 0.5) is 11.4 Å². The van der Waals surface area contributed by atoms with Gasteiger partial charge in [0.15, 0.2) is 0 Å². The summed E-state index contributed by atoms with van der Waals surface area (Å²) in [5.74, 6) is 0.318. The van der Waals surface area contributed by atoms with E-state index >= 15 is 0 Å². The third-order valence-electron chi connectivity index (χ3n) is 5.38.